The number of hydrogen-bond donors (Lipinski definition) is 1. The van der Waals surface area contributed by atoms with E-state index in [0.29, 0.717) is 38.1 Å². The molecule has 2 aromatic rings. The summed E-state index contributed by atoms with van der Waals surface area (Å²) in [6.07, 6.45) is 4.59. The molecule has 0 bridgehead atoms. The summed E-state index contributed by atoms with van der Waals surface area (Å²) in [7, 11) is 0. The molecule has 8 heteroatoms. The first kappa shape index (κ1) is 19.8. The normalized spacial score (nSPS) is 29.8. The Morgan fingerprint density at radius 2 is 2.06 bits per heavy atom. The summed E-state index contributed by atoms with van der Waals surface area (Å²) in [5, 5.41) is 3.03. The van der Waals surface area contributed by atoms with E-state index in [4.69, 9.17) is 4.74 Å². The number of hydrogen-bond acceptors (Lipinski definition) is 5. The number of carbonyl (C=O) groups excluding carboxylic acids is 2. The second-order valence-electron chi connectivity index (χ2n) is 9.85. The third-order valence-electron chi connectivity index (χ3n) is 7.58. The number of nitrogens with zero attached hydrogens (tertiary/aromatic N) is 4. The van der Waals surface area contributed by atoms with Crippen LogP contribution in [-0.2, 0) is 19.9 Å². The molecule has 4 aliphatic rings. The molecule has 3 aliphatic heterocycles. The van der Waals surface area contributed by atoms with Crippen LogP contribution in [0.2, 0.25) is 0 Å². The molecule has 2 saturated heterocycles. The van der Waals surface area contributed by atoms with E-state index in [9.17, 15) is 9.59 Å². The van der Waals surface area contributed by atoms with Gasteiger partial charge < -0.3 is 24.4 Å². The molecule has 4 atom stereocenters. The van der Waals surface area contributed by atoms with E-state index in [1.165, 1.54) is 0 Å². The van der Waals surface area contributed by atoms with Gasteiger partial charge in [0.1, 0.15) is 5.54 Å². The van der Waals surface area contributed by atoms with Gasteiger partial charge in [0.25, 0.3) is 0 Å². The molecule has 2 amide bonds. The highest BCUT2D eigenvalue weighted by Gasteiger charge is 2.61. The average Bonchev–Trinajstić information content (AvgIpc) is 3.26. The largest absolute Gasteiger partial charge is 0.381 e. The molecular weight excluding hydrogens is 406 g/mol. The zero-order valence-electron chi connectivity index (χ0n) is 18.5. The van der Waals surface area contributed by atoms with Gasteiger partial charge >= 0.3 is 0 Å². The molecule has 32 heavy (non-hydrogen) atoms. The van der Waals surface area contributed by atoms with Crippen molar-refractivity contribution in [3.8, 4) is 5.82 Å². The zero-order valence-corrected chi connectivity index (χ0v) is 18.5. The predicted octanol–water partition coefficient (Wildman–Crippen LogP) is 1.54. The summed E-state index contributed by atoms with van der Waals surface area (Å²) in [6.45, 7) is 6.86. The van der Waals surface area contributed by atoms with Gasteiger partial charge in [0, 0.05) is 37.4 Å². The second-order valence-corrected chi connectivity index (χ2v) is 9.85. The van der Waals surface area contributed by atoms with Crippen LogP contribution in [0.5, 0.6) is 0 Å². The minimum Gasteiger partial charge on any atom is -0.381 e. The van der Waals surface area contributed by atoms with Gasteiger partial charge in [-0.3, -0.25) is 9.59 Å². The number of anilines is 1. The number of fused-ring (bicyclic) bond motifs is 5. The minimum atomic E-state index is -0.454. The third kappa shape index (κ3) is 2.81. The van der Waals surface area contributed by atoms with Gasteiger partial charge in [-0.15, -0.1) is 0 Å². The van der Waals surface area contributed by atoms with Crippen molar-refractivity contribution >= 4 is 17.5 Å². The Hall–Kier alpha value is -2.87. The fourth-order valence-electron chi connectivity index (χ4n) is 6.07. The fourth-order valence-corrected chi connectivity index (χ4v) is 6.07. The van der Waals surface area contributed by atoms with E-state index in [0.717, 1.165) is 23.6 Å². The number of carbonyl (C=O) groups is 2. The molecule has 2 aromatic heterocycles. The highest BCUT2D eigenvalue weighted by Crippen LogP contribution is 2.53. The number of ether oxygens (including phenoxy) is 1. The summed E-state index contributed by atoms with van der Waals surface area (Å²) in [4.78, 5) is 35.1. The van der Waals surface area contributed by atoms with Crippen LogP contribution in [0.15, 0.2) is 36.7 Å². The summed E-state index contributed by atoms with van der Waals surface area (Å²) < 4.78 is 7.62. The number of amides is 2. The van der Waals surface area contributed by atoms with E-state index >= 15 is 0 Å². The second kappa shape index (κ2) is 7.07. The lowest BCUT2D eigenvalue weighted by atomic mass is 9.88. The smallest absolute Gasteiger partial charge is 0.239 e. The summed E-state index contributed by atoms with van der Waals surface area (Å²) in [6, 6.07) is 8.15. The Morgan fingerprint density at radius 1 is 1.25 bits per heavy atom. The molecule has 1 saturated carbocycles. The van der Waals surface area contributed by atoms with Crippen molar-refractivity contribution in [2.45, 2.75) is 31.8 Å². The predicted molar refractivity (Wildman–Crippen MR) is 118 cm³/mol. The Kier molecular flexibility index (Phi) is 4.37. The molecule has 0 aromatic carbocycles. The average molecular weight is 436 g/mol. The van der Waals surface area contributed by atoms with Gasteiger partial charge in [-0.25, -0.2) is 4.98 Å². The monoisotopic (exact) mass is 435 g/mol. The van der Waals surface area contributed by atoms with Crippen molar-refractivity contribution < 1.29 is 14.3 Å². The van der Waals surface area contributed by atoms with Crippen LogP contribution in [0.25, 0.3) is 5.82 Å². The molecule has 1 spiro atoms. The van der Waals surface area contributed by atoms with Crippen molar-refractivity contribution in [1.82, 2.24) is 19.8 Å². The fraction of sp³-hybridized carbons (Fsp3) is 0.542. The van der Waals surface area contributed by atoms with Crippen molar-refractivity contribution in [2.75, 3.05) is 37.7 Å². The maximum absolute atomic E-state index is 13.4. The summed E-state index contributed by atoms with van der Waals surface area (Å²) in [5.41, 5.74) is 1.57. The van der Waals surface area contributed by atoms with E-state index in [-0.39, 0.29) is 30.3 Å². The molecule has 5 heterocycles. The maximum Gasteiger partial charge on any atom is 0.239 e. The topological polar surface area (TPSA) is 79.7 Å². The first-order valence-corrected chi connectivity index (χ1v) is 11.6. The quantitative estimate of drug-likeness (QED) is 0.788. The van der Waals surface area contributed by atoms with Crippen LogP contribution in [0, 0.1) is 17.8 Å². The molecular formula is C24H29N5O3. The van der Waals surface area contributed by atoms with Gasteiger partial charge in [-0.05, 0) is 56.4 Å². The van der Waals surface area contributed by atoms with Crippen LogP contribution in [-0.4, -0.2) is 65.2 Å². The lowest BCUT2D eigenvalue weighted by Crippen LogP contribution is -2.56. The van der Waals surface area contributed by atoms with Crippen molar-refractivity contribution in [3.05, 3.63) is 42.4 Å². The van der Waals surface area contributed by atoms with Crippen LogP contribution in [0.4, 0.5) is 5.69 Å². The first-order chi connectivity index (χ1) is 15.5. The SMILES string of the molecule is CC(C)NC(=O)CN1c2cccnc2-n2cccc2[C@]12CCN(C(=O)C1[C@H]3COC[C@@H]13)C2. The highest BCUT2D eigenvalue weighted by atomic mass is 16.5. The third-order valence-corrected chi connectivity index (χ3v) is 7.58. The first-order valence-electron chi connectivity index (χ1n) is 11.6. The highest BCUT2D eigenvalue weighted by molar-refractivity contribution is 5.85. The molecule has 6 rings (SSSR count). The van der Waals surface area contributed by atoms with Crippen molar-refractivity contribution in [1.29, 1.82) is 0 Å². The van der Waals surface area contributed by atoms with E-state index in [1.807, 2.05) is 43.1 Å². The molecule has 1 aliphatic carbocycles. The lowest BCUT2D eigenvalue weighted by Gasteiger charge is -2.46. The number of rotatable bonds is 4. The Labute approximate surface area is 187 Å². The van der Waals surface area contributed by atoms with E-state index < -0.39 is 5.54 Å². The van der Waals surface area contributed by atoms with Gasteiger partial charge in [0.15, 0.2) is 5.82 Å². The molecule has 168 valence electrons. The number of likely N-dealkylation sites (tertiary alicyclic amines) is 1. The van der Waals surface area contributed by atoms with Crippen molar-refractivity contribution in [2.24, 2.45) is 17.8 Å². The zero-order chi connectivity index (χ0) is 22.0. The van der Waals surface area contributed by atoms with Crippen LogP contribution >= 0.6 is 0 Å². The Balaban J connectivity index is 1.36. The number of nitrogens with one attached hydrogen (secondary N) is 1. The van der Waals surface area contributed by atoms with Gasteiger partial charge in [-0.2, -0.15) is 0 Å². The van der Waals surface area contributed by atoms with Crippen LogP contribution in [0.1, 0.15) is 26.0 Å². The molecule has 8 nitrogen and oxygen atoms in total. The van der Waals surface area contributed by atoms with Crippen LogP contribution < -0.4 is 10.2 Å². The van der Waals surface area contributed by atoms with Gasteiger partial charge in [0.05, 0.1) is 31.1 Å². The van der Waals surface area contributed by atoms with Crippen LogP contribution in [0.3, 0.4) is 0 Å². The van der Waals surface area contributed by atoms with Gasteiger partial charge in [0.2, 0.25) is 11.8 Å². The summed E-state index contributed by atoms with van der Waals surface area (Å²) in [5.74, 6) is 1.96. The Bertz CT molecular complexity index is 1070. The molecule has 1 N–H and O–H groups in total. The molecule has 3 fully saturated rings. The number of aromatic nitrogens is 2. The molecule has 0 radical (unpaired) electrons. The van der Waals surface area contributed by atoms with E-state index in [1.54, 1.807) is 6.20 Å². The standard InChI is InChI=1S/C24H29N5O3/c1-15(2)26-20(30)11-29-18-5-3-8-25-22(18)28-9-4-6-19(28)24(29)7-10-27(14-24)23(31)21-16-12-32-13-17(16)21/h3-6,8-9,15-17,21H,7,10-14H2,1-2H3,(H,26,30)/t16-,17+,21?,24-/m1/s1. The van der Waals surface area contributed by atoms with Crippen molar-refractivity contribution in [3.63, 3.8) is 0 Å². The Morgan fingerprint density at radius 3 is 2.84 bits per heavy atom. The van der Waals surface area contributed by atoms with E-state index in [2.05, 4.69) is 25.8 Å². The van der Waals surface area contributed by atoms with Gasteiger partial charge in [-0.1, -0.05) is 0 Å². The lowest BCUT2D eigenvalue weighted by molar-refractivity contribution is -0.133. The minimum absolute atomic E-state index is 0.0205. The summed E-state index contributed by atoms with van der Waals surface area (Å²) >= 11 is 0. The molecule has 1 unspecified atom stereocenters. The number of pyridine rings is 1. The maximum atomic E-state index is 13.4.